The predicted octanol–water partition coefficient (Wildman–Crippen LogP) is 2.25. The molecule has 0 heterocycles. The van der Waals surface area contributed by atoms with E-state index in [1.807, 2.05) is 13.8 Å². The SMILES string of the molecule is CC(=O)NC(C(=O)Nc1ccc(C(=O)O)cc1Br)C(C)C. The Kier molecular flexibility index (Phi) is 5.90. The maximum absolute atomic E-state index is 12.2. The quantitative estimate of drug-likeness (QED) is 0.753. The summed E-state index contributed by atoms with van der Waals surface area (Å²) in [6.07, 6.45) is 0. The molecule has 0 fully saturated rings. The number of halogens is 1. The van der Waals surface area contributed by atoms with Crippen LogP contribution in [0.2, 0.25) is 0 Å². The Morgan fingerprint density at radius 2 is 1.86 bits per heavy atom. The van der Waals surface area contributed by atoms with Crippen LogP contribution in [0.5, 0.6) is 0 Å². The molecule has 1 aromatic carbocycles. The van der Waals surface area contributed by atoms with E-state index in [-0.39, 0.29) is 23.3 Å². The molecule has 7 heteroatoms. The van der Waals surface area contributed by atoms with E-state index in [2.05, 4.69) is 26.6 Å². The van der Waals surface area contributed by atoms with Gasteiger partial charge in [-0.1, -0.05) is 13.8 Å². The summed E-state index contributed by atoms with van der Waals surface area (Å²) in [5.74, 6) is -1.77. The molecule has 1 atom stereocenters. The van der Waals surface area contributed by atoms with E-state index in [4.69, 9.17) is 5.11 Å². The number of carboxylic acid groups (broad SMARTS) is 1. The lowest BCUT2D eigenvalue weighted by molar-refractivity contribution is -0.126. The van der Waals surface area contributed by atoms with Crippen molar-refractivity contribution in [2.75, 3.05) is 5.32 Å². The van der Waals surface area contributed by atoms with E-state index in [9.17, 15) is 14.4 Å². The number of carboxylic acids is 1. The van der Waals surface area contributed by atoms with Crippen molar-refractivity contribution in [1.82, 2.24) is 5.32 Å². The summed E-state index contributed by atoms with van der Waals surface area (Å²) in [4.78, 5) is 34.2. The minimum absolute atomic E-state index is 0.0778. The third-order valence-electron chi connectivity index (χ3n) is 2.78. The Labute approximate surface area is 131 Å². The number of anilines is 1. The zero-order chi connectivity index (χ0) is 16.2. The second kappa shape index (κ2) is 7.21. The molecule has 3 N–H and O–H groups in total. The third kappa shape index (κ3) is 4.86. The summed E-state index contributed by atoms with van der Waals surface area (Å²) in [6.45, 7) is 4.99. The summed E-state index contributed by atoms with van der Waals surface area (Å²) in [5.41, 5.74) is 0.558. The smallest absolute Gasteiger partial charge is 0.335 e. The molecule has 0 aliphatic rings. The Morgan fingerprint density at radius 1 is 1.24 bits per heavy atom. The highest BCUT2D eigenvalue weighted by molar-refractivity contribution is 9.10. The van der Waals surface area contributed by atoms with Crippen LogP contribution in [0, 0.1) is 5.92 Å². The van der Waals surface area contributed by atoms with Crippen LogP contribution in [-0.2, 0) is 9.59 Å². The third-order valence-corrected chi connectivity index (χ3v) is 3.44. The van der Waals surface area contributed by atoms with Gasteiger partial charge in [0.15, 0.2) is 0 Å². The van der Waals surface area contributed by atoms with Crippen LogP contribution in [0.15, 0.2) is 22.7 Å². The number of carbonyl (C=O) groups is 3. The van der Waals surface area contributed by atoms with Crippen molar-refractivity contribution in [3.8, 4) is 0 Å². The van der Waals surface area contributed by atoms with Gasteiger partial charge in [-0.15, -0.1) is 0 Å². The van der Waals surface area contributed by atoms with Crippen molar-refractivity contribution in [1.29, 1.82) is 0 Å². The fourth-order valence-corrected chi connectivity index (χ4v) is 2.19. The molecule has 0 spiro atoms. The van der Waals surface area contributed by atoms with Gasteiger partial charge in [-0.2, -0.15) is 0 Å². The lowest BCUT2D eigenvalue weighted by atomic mass is 10.0. The number of amides is 2. The van der Waals surface area contributed by atoms with E-state index in [0.717, 1.165) is 0 Å². The van der Waals surface area contributed by atoms with Crippen molar-refractivity contribution < 1.29 is 19.5 Å². The van der Waals surface area contributed by atoms with E-state index in [1.54, 1.807) is 0 Å². The number of hydrogen-bond donors (Lipinski definition) is 3. The zero-order valence-corrected chi connectivity index (χ0v) is 13.5. The fraction of sp³-hybridized carbons (Fsp3) is 0.357. The molecular formula is C14H17BrN2O4. The average molecular weight is 357 g/mol. The van der Waals surface area contributed by atoms with E-state index < -0.39 is 12.0 Å². The van der Waals surface area contributed by atoms with Crippen LogP contribution >= 0.6 is 15.9 Å². The average Bonchev–Trinajstić information content (AvgIpc) is 2.37. The predicted molar refractivity (Wildman–Crippen MR) is 82.2 cm³/mol. The maximum atomic E-state index is 12.2. The Hall–Kier alpha value is -1.89. The van der Waals surface area contributed by atoms with Crippen LogP contribution in [0.25, 0.3) is 0 Å². The van der Waals surface area contributed by atoms with Crippen LogP contribution in [-0.4, -0.2) is 28.9 Å². The fourth-order valence-electron chi connectivity index (χ4n) is 1.71. The van der Waals surface area contributed by atoms with Crippen molar-refractivity contribution in [3.63, 3.8) is 0 Å². The minimum Gasteiger partial charge on any atom is -0.478 e. The molecule has 21 heavy (non-hydrogen) atoms. The van der Waals surface area contributed by atoms with Gasteiger partial charge in [0.2, 0.25) is 11.8 Å². The number of aromatic carboxylic acids is 1. The molecule has 0 radical (unpaired) electrons. The second-order valence-corrected chi connectivity index (χ2v) is 5.77. The molecule has 2 amide bonds. The van der Waals surface area contributed by atoms with Crippen LogP contribution in [0.1, 0.15) is 31.1 Å². The number of carbonyl (C=O) groups excluding carboxylic acids is 2. The normalized spacial score (nSPS) is 11.9. The number of benzene rings is 1. The molecule has 0 saturated carbocycles. The van der Waals surface area contributed by atoms with E-state index >= 15 is 0 Å². The van der Waals surface area contributed by atoms with Crippen LogP contribution < -0.4 is 10.6 Å². The minimum atomic E-state index is -1.05. The van der Waals surface area contributed by atoms with Gasteiger partial charge < -0.3 is 15.7 Å². The molecule has 1 unspecified atom stereocenters. The van der Waals surface area contributed by atoms with Crippen molar-refractivity contribution >= 4 is 39.4 Å². The lowest BCUT2D eigenvalue weighted by Crippen LogP contribution is -2.46. The highest BCUT2D eigenvalue weighted by Crippen LogP contribution is 2.24. The molecule has 1 aromatic rings. The monoisotopic (exact) mass is 356 g/mol. The number of rotatable bonds is 5. The van der Waals surface area contributed by atoms with Gasteiger partial charge >= 0.3 is 5.97 Å². The van der Waals surface area contributed by atoms with Crippen molar-refractivity contribution in [2.24, 2.45) is 5.92 Å². The summed E-state index contributed by atoms with van der Waals surface area (Å²) >= 11 is 3.22. The standard InChI is InChI=1S/C14H17BrN2O4/c1-7(2)12(16-8(3)18)13(19)17-11-5-4-9(14(20)21)6-10(11)15/h4-7,12H,1-3H3,(H,16,18)(H,17,19)(H,20,21). The summed E-state index contributed by atoms with van der Waals surface area (Å²) in [7, 11) is 0. The first-order valence-corrected chi connectivity index (χ1v) is 7.12. The molecule has 114 valence electrons. The van der Waals surface area contributed by atoms with Gasteiger partial charge in [-0.05, 0) is 40.0 Å². The van der Waals surface area contributed by atoms with Crippen LogP contribution in [0.3, 0.4) is 0 Å². The largest absolute Gasteiger partial charge is 0.478 e. The maximum Gasteiger partial charge on any atom is 0.335 e. The zero-order valence-electron chi connectivity index (χ0n) is 11.9. The van der Waals surface area contributed by atoms with Crippen LogP contribution in [0.4, 0.5) is 5.69 Å². The molecule has 0 aliphatic heterocycles. The Morgan fingerprint density at radius 3 is 2.29 bits per heavy atom. The van der Waals surface area contributed by atoms with E-state index in [1.165, 1.54) is 25.1 Å². The molecule has 0 aromatic heterocycles. The van der Waals surface area contributed by atoms with Gasteiger partial charge in [0.05, 0.1) is 11.3 Å². The molecule has 0 aliphatic carbocycles. The number of hydrogen-bond acceptors (Lipinski definition) is 3. The van der Waals surface area contributed by atoms with Crippen molar-refractivity contribution in [3.05, 3.63) is 28.2 Å². The van der Waals surface area contributed by atoms with Gasteiger partial charge in [0.25, 0.3) is 0 Å². The Balaban J connectivity index is 2.91. The van der Waals surface area contributed by atoms with Gasteiger partial charge in [0.1, 0.15) is 6.04 Å². The summed E-state index contributed by atoms with van der Waals surface area (Å²) in [5, 5.41) is 14.1. The van der Waals surface area contributed by atoms with Gasteiger partial charge in [-0.25, -0.2) is 4.79 Å². The van der Waals surface area contributed by atoms with Crippen molar-refractivity contribution in [2.45, 2.75) is 26.8 Å². The highest BCUT2D eigenvalue weighted by Gasteiger charge is 2.23. The second-order valence-electron chi connectivity index (χ2n) is 4.91. The molecule has 0 bridgehead atoms. The summed E-state index contributed by atoms with van der Waals surface area (Å²) in [6, 6.07) is 3.64. The molecule has 6 nitrogen and oxygen atoms in total. The molecular weight excluding hydrogens is 340 g/mol. The number of nitrogens with one attached hydrogen (secondary N) is 2. The van der Waals surface area contributed by atoms with E-state index in [0.29, 0.717) is 10.2 Å². The highest BCUT2D eigenvalue weighted by atomic mass is 79.9. The topological polar surface area (TPSA) is 95.5 Å². The summed E-state index contributed by atoms with van der Waals surface area (Å²) < 4.78 is 0.459. The first-order chi connectivity index (χ1) is 9.72. The lowest BCUT2D eigenvalue weighted by Gasteiger charge is -2.21. The first-order valence-electron chi connectivity index (χ1n) is 6.33. The Bertz CT molecular complexity index is 572. The van der Waals surface area contributed by atoms with Gasteiger partial charge in [0, 0.05) is 11.4 Å². The van der Waals surface area contributed by atoms with Gasteiger partial charge in [-0.3, -0.25) is 9.59 Å². The first kappa shape index (κ1) is 17.2. The molecule has 0 saturated heterocycles. The molecule has 1 rings (SSSR count).